The molecule has 0 aliphatic heterocycles. The van der Waals surface area contributed by atoms with Crippen LogP contribution in [-0.4, -0.2) is 27.7 Å². The Labute approximate surface area is 136 Å². The van der Waals surface area contributed by atoms with E-state index in [4.69, 9.17) is 16.3 Å². The summed E-state index contributed by atoms with van der Waals surface area (Å²) in [4.78, 5) is 4.69. The fourth-order valence-electron chi connectivity index (χ4n) is 2.28. The molecule has 2 rings (SSSR count). The number of halogens is 1. The number of hydrogen-bond donors (Lipinski definition) is 0. The van der Waals surface area contributed by atoms with E-state index in [1.54, 1.807) is 0 Å². The first kappa shape index (κ1) is 16.5. The number of thioether (sulfide) groups is 1. The molecule has 116 valence electrons. The molecule has 1 unspecified atom stereocenters. The highest BCUT2D eigenvalue weighted by Gasteiger charge is 2.14. The van der Waals surface area contributed by atoms with Gasteiger partial charge in [-0.1, -0.05) is 19.9 Å². The third-order valence-corrected chi connectivity index (χ3v) is 4.84. The largest absolute Gasteiger partial charge is 0.491 e. The Morgan fingerprint density at radius 2 is 2.24 bits per heavy atom. The Balaban J connectivity index is 2.34. The first-order chi connectivity index (χ1) is 10.2. The van der Waals surface area contributed by atoms with Crippen molar-refractivity contribution in [2.24, 2.45) is 0 Å². The molecule has 1 heterocycles. The highest BCUT2D eigenvalue weighted by atomic mass is 35.5. The molecule has 1 aromatic heterocycles. The van der Waals surface area contributed by atoms with Crippen LogP contribution in [0.3, 0.4) is 0 Å². The second kappa shape index (κ2) is 7.95. The van der Waals surface area contributed by atoms with Gasteiger partial charge in [0.15, 0.2) is 0 Å². The Kier molecular flexibility index (Phi) is 6.24. The van der Waals surface area contributed by atoms with Crippen LogP contribution in [0.5, 0.6) is 5.75 Å². The van der Waals surface area contributed by atoms with Gasteiger partial charge in [0.25, 0.3) is 0 Å². The van der Waals surface area contributed by atoms with Gasteiger partial charge in [0.2, 0.25) is 0 Å². The van der Waals surface area contributed by atoms with E-state index in [0.29, 0.717) is 17.7 Å². The summed E-state index contributed by atoms with van der Waals surface area (Å²) < 4.78 is 8.04. The van der Waals surface area contributed by atoms with Gasteiger partial charge in [-0.3, -0.25) is 0 Å². The number of nitrogens with zero attached hydrogens (tertiary/aromatic N) is 2. The lowest BCUT2D eigenvalue weighted by molar-refractivity contribution is 0.320. The molecule has 0 bridgehead atoms. The molecular formula is C16H23ClN2OS. The van der Waals surface area contributed by atoms with Crippen molar-refractivity contribution in [2.45, 2.75) is 44.4 Å². The van der Waals surface area contributed by atoms with Gasteiger partial charge in [-0.05, 0) is 31.2 Å². The van der Waals surface area contributed by atoms with Crippen LogP contribution >= 0.6 is 23.4 Å². The zero-order chi connectivity index (χ0) is 15.2. The molecule has 1 aromatic carbocycles. The zero-order valence-electron chi connectivity index (χ0n) is 12.9. The molecule has 1 atom stereocenters. The molecule has 3 nitrogen and oxygen atoms in total. The van der Waals surface area contributed by atoms with Crippen molar-refractivity contribution >= 4 is 34.4 Å². The summed E-state index contributed by atoms with van der Waals surface area (Å²) in [5.74, 6) is 2.21. The number of ether oxygens (including phenoxy) is 1. The van der Waals surface area contributed by atoms with Crippen molar-refractivity contribution in [3.63, 3.8) is 0 Å². The summed E-state index contributed by atoms with van der Waals surface area (Å²) >= 11 is 7.97. The Bertz CT molecular complexity index is 585. The SMILES string of the molecule is CCCOc1cccc2c1nc(CCl)n2CCC(C)SC. The van der Waals surface area contributed by atoms with Gasteiger partial charge in [0.05, 0.1) is 18.0 Å². The van der Waals surface area contributed by atoms with Gasteiger partial charge in [0, 0.05) is 11.8 Å². The van der Waals surface area contributed by atoms with Gasteiger partial charge < -0.3 is 9.30 Å². The summed E-state index contributed by atoms with van der Waals surface area (Å²) in [6.07, 6.45) is 4.25. The zero-order valence-corrected chi connectivity index (χ0v) is 14.5. The first-order valence-corrected chi connectivity index (χ1v) is 9.23. The van der Waals surface area contributed by atoms with E-state index in [2.05, 4.69) is 35.7 Å². The average molecular weight is 327 g/mol. The van der Waals surface area contributed by atoms with E-state index < -0.39 is 0 Å². The molecule has 0 saturated heterocycles. The number of fused-ring (bicyclic) bond motifs is 1. The van der Waals surface area contributed by atoms with E-state index in [1.807, 2.05) is 23.9 Å². The Morgan fingerprint density at radius 1 is 1.43 bits per heavy atom. The number of aromatic nitrogens is 2. The Hall–Kier alpha value is -0.870. The molecule has 0 spiro atoms. The maximum absolute atomic E-state index is 6.08. The third-order valence-electron chi connectivity index (χ3n) is 3.56. The number of benzene rings is 1. The summed E-state index contributed by atoms with van der Waals surface area (Å²) in [6, 6.07) is 6.11. The van der Waals surface area contributed by atoms with E-state index in [0.717, 1.165) is 42.0 Å². The van der Waals surface area contributed by atoms with Crippen LogP contribution in [-0.2, 0) is 12.4 Å². The molecule has 0 saturated carbocycles. The first-order valence-electron chi connectivity index (χ1n) is 7.40. The van der Waals surface area contributed by atoms with Gasteiger partial charge in [-0.15, -0.1) is 11.6 Å². The molecule has 0 amide bonds. The molecule has 2 aromatic rings. The van der Waals surface area contributed by atoms with Gasteiger partial charge in [-0.2, -0.15) is 11.8 Å². The number of rotatable bonds is 8. The second-order valence-corrected chi connectivity index (χ2v) is 6.66. The normalized spacial score (nSPS) is 12.8. The topological polar surface area (TPSA) is 27.1 Å². The monoisotopic (exact) mass is 326 g/mol. The van der Waals surface area contributed by atoms with Crippen molar-refractivity contribution in [3.05, 3.63) is 24.0 Å². The summed E-state index contributed by atoms with van der Waals surface area (Å²) in [7, 11) is 0. The van der Waals surface area contributed by atoms with Crippen molar-refractivity contribution in [2.75, 3.05) is 12.9 Å². The highest BCUT2D eigenvalue weighted by molar-refractivity contribution is 7.99. The molecular weight excluding hydrogens is 304 g/mol. The molecule has 0 aliphatic rings. The van der Waals surface area contributed by atoms with Gasteiger partial charge >= 0.3 is 0 Å². The molecule has 0 aliphatic carbocycles. The fourth-order valence-corrected chi connectivity index (χ4v) is 2.82. The van der Waals surface area contributed by atoms with Crippen LogP contribution in [0.1, 0.15) is 32.5 Å². The lowest BCUT2D eigenvalue weighted by Crippen LogP contribution is -2.07. The third kappa shape index (κ3) is 3.86. The molecule has 0 radical (unpaired) electrons. The van der Waals surface area contributed by atoms with Crippen LogP contribution < -0.4 is 4.74 Å². The summed E-state index contributed by atoms with van der Waals surface area (Å²) in [5.41, 5.74) is 2.05. The van der Waals surface area contributed by atoms with E-state index in [1.165, 1.54) is 0 Å². The standard InChI is InChI=1S/C16H23ClN2OS/c1-4-10-20-14-7-5-6-13-16(14)18-15(11-17)19(13)9-8-12(2)21-3/h5-7,12H,4,8-11H2,1-3H3. The molecule has 5 heteroatoms. The van der Waals surface area contributed by atoms with Crippen molar-refractivity contribution in [1.82, 2.24) is 9.55 Å². The highest BCUT2D eigenvalue weighted by Crippen LogP contribution is 2.27. The van der Waals surface area contributed by atoms with Crippen molar-refractivity contribution < 1.29 is 4.74 Å². The number of aryl methyl sites for hydroxylation is 1. The minimum Gasteiger partial charge on any atom is -0.491 e. The lowest BCUT2D eigenvalue weighted by Gasteiger charge is -2.11. The number of para-hydroxylation sites is 1. The van der Waals surface area contributed by atoms with Crippen LogP contribution in [0.2, 0.25) is 0 Å². The number of imidazole rings is 1. The van der Waals surface area contributed by atoms with Gasteiger partial charge in [-0.25, -0.2) is 4.98 Å². The van der Waals surface area contributed by atoms with Gasteiger partial charge in [0.1, 0.15) is 17.1 Å². The molecule has 21 heavy (non-hydrogen) atoms. The molecule has 0 N–H and O–H groups in total. The Morgan fingerprint density at radius 3 is 2.90 bits per heavy atom. The van der Waals surface area contributed by atoms with Crippen molar-refractivity contribution in [1.29, 1.82) is 0 Å². The average Bonchev–Trinajstić information content (AvgIpc) is 2.88. The number of alkyl halides is 1. The van der Waals surface area contributed by atoms with Crippen LogP contribution in [0.25, 0.3) is 11.0 Å². The quantitative estimate of drug-likeness (QED) is 0.658. The van der Waals surface area contributed by atoms with Crippen LogP contribution in [0.4, 0.5) is 0 Å². The minimum absolute atomic E-state index is 0.426. The van der Waals surface area contributed by atoms with E-state index >= 15 is 0 Å². The summed E-state index contributed by atoms with van der Waals surface area (Å²) in [5, 5.41) is 0.630. The van der Waals surface area contributed by atoms with E-state index in [9.17, 15) is 0 Å². The number of hydrogen-bond acceptors (Lipinski definition) is 3. The van der Waals surface area contributed by atoms with Crippen molar-refractivity contribution in [3.8, 4) is 5.75 Å². The second-order valence-electron chi connectivity index (χ2n) is 5.12. The minimum atomic E-state index is 0.426. The van der Waals surface area contributed by atoms with E-state index in [-0.39, 0.29) is 0 Å². The fraction of sp³-hybridized carbons (Fsp3) is 0.562. The maximum Gasteiger partial charge on any atom is 0.147 e. The maximum atomic E-state index is 6.08. The lowest BCUT2D eigenvalue weighted by atomic mass is 10.2. The molecule has 0 fully saturated rings. The van der Waals surface area contributed by atoms with Crippen LogP contribution in [0, 0.1) is 0 Å². The smallest absolute Gasteiger partial charge is 0.147 e. The predicted octanol–water partition coefficient (Wildman–Crippen LogP) is 4.71. The van der Waals surface area contributed by atoms with Crippen LogP contribution in [0.15, 0.2) is 18.2 Å². The summed E-state index contributed by atoms with van der Waals surface area (Å²) in [6.45, 7) is 6.01. The predicted molar refractivity (Wildman–Crippen MR) is 92.7 cm³/mol.